The minimum absolute atomic E-state index is 0.454. The third kappa shape index (κ3) is 2.37. The number of aromatic nitrogens is 2. The lowest BCUT2D eigenvalue weighted by molar-refractivity contribution is 0.112. The van der Waals surface area contributed by atoms with Gasteiger partial charge in [0.2, 0.25) is 0 Å². The fraction of sp³-hybridized carbons (Fsp3) is 0.333. The highest BCUT2D eigenvalue weighted by molar-refractivity contribution is 9.10. The second-order valence-electron chi connectivity index (χ2n) is 4.95. The van der Waals surface area contributed by atoms with Crippen molar-refractivity contribution in [2.24, 2.45) is 0 Å². The fourth-order valence-electron chi connectivity index (χ4n) is 2.71. The van der Waals surface area contributed by atoms with Gasteiger partial charge in [0, 0.05) is 16.2 Å². The van der Waals surface area contributed by atoms with Crippen molar-refractivity contribution in [3.8, 4) is 11.3 Å². The maximum absolute atomic E-state index is 11.3. The van der Waals surface area contributed by atoms with E-state index in [1.54, 1.807) is 0 Å². The second-order valence-corrected chi connectivity index (χ2v) is 5.80. The summed E-state index contributed by atoms with van der Waals surface area (Å²) in [5.41, 5.74) is 2.41. The van der Waals surface area contributed by atoms with E-state index in [0.717, 1.165) is 34.9 Å². The summed E-state index contributed by atoms with van der Waals surface area (Å²) in [6.45, 7) is 0. The topological polar surface area (TPSA) is 34.9 Å². The van der Waals surface area contributed by atoms with Gasteiger partial charge < -0.3 is 0 Å². The molecule has 0 N–H and O–H groups in total. The van der Waals surface area contributed by atoms with Crippen LogP contribution < -0.4 is 0 Å². The summed E-state index contributed by atoms with van der Waals surface area (Å²) in [5, 5.41) is 4.65. The lowest BCUT2D eigenvalue weighted by Gasteiger charge is -2.08. The monoisotopic (exact) mass is 318 g/mol. The molecule has 4 heteroatoms. The summed E-state index contributed by atoms with van der Waals surface area (Å²) in [6, 6.07) is 8.33. The molecule has 3 rings (SSSR count). The number of carbonyl (C=O) groups excluding carboxylic acids is 1. The van der Waals surface area contributed by atoms with Crippen molar-refractivity contribution in [3.63, 3.8) is 0 Å². The molecule has 1 fully saturated rings. The first-order valence-electron chi connectivity index (χ1n) is 6.59. The molecule has 0 atom stereocenters. The quantitative estimate of drug-likeness (QED) is 0.793. The van der Waals surface area contributed by atoms with Gasteiger partial charge in [-0.05, 0) is 18.9 Å². The van der Waals surface area contributed by atoms with Crippen LogP contribution in [0.25, 0.3) is 11.3 Å². The molecule has 0 radical (unpaired) electrons. The first-order valence-corrected chi connectivity index (χ1v) is 7.38. The Morgan fingerprint density at radius 3 is 2.68 bits per heavy atom. The number of hydrogen-bond donors (Lipinski definition) is 0. The van der Waals surface area contributed by atoms with Crippen LogP contribution in [-0.4, -0.2) is 16.1 Å². The molecule has 0 spiro atoms. The summed E-state index contributed by atoms with van der Waals surface area (Å²) < 4.78 is 2.95. The van der Waals surface area contributed by atoms with Gasteiger partial charge in [-0.2, -0.15) is 5.10 Å². The Hall–Kier alpha value is -1.42. The molecule has 19 heavy (non-hydrogen) atoms. The van der Waals surface area contributed by atoms with Gasteiger partial charge >= 0.3 is 0 Å². The van der Waals surface area contributed by atoms with Crippen molar-refractivity contribution in [1.29, 1.82) is 0 Å². The van der Waals surface area contributed by atoms with Crippen molar-refractivity contribution >= 4 is 22.2 Å². The maximum Gasteiger partial charge on any atom is 0.153 e. The highest BCUT2D eigenvalue weighted by Crippen LogP contribution is 2.33. The van der Waals surface area contributed by atoms with Crippen LogP contribution in [0.4, 0.5) is 0 Å². The fourth-order valence-corrected chi connectivity index (χ4v) is 3.18. The van der Waals surface area contributed by atoms with Crippen LogP contribution in [0, 0.1) is 0 Å². The van der Waals surface area contributed by atoms with Gasteiger partial charge in [-0.3, -0.25) is 9.48 Å². The zero-order chi connectivity index (χ0) is 13.2. The molecule has 0 bridgehead atoms. The Balaban J connectivity index is 2.05. The van der Waals surface area contributed by atoms with E-state index in [9.17, 15) is 4.79 Å². The molecule has 98 valence electrons. The van der Waals surface area contributed by atoms with Crippen molar-refractivity contribution in [3.05, 3.63) is 40.5 Å². The number of benzene rings is 1. The van der Waals surface area contributed by atoms with Gasteiger partial charge in [0.15, 0.2) is 6.29 Å². The van der Waals surface area contributed by atoms with Crippen LogP contribution in [0.3, 0.4) is 0 Å². The van der Waals surface area contributed by atoms with Crippen LogP contribution in [0.1, 0.15) is 42.1 Å². The maximum atomic E-state index is 11.3. The van der Waals surface area contributed by atoms with Crippen LogP contribution in [0.15, 0.2) is 34.9 Å². The lowest BCUT2D eigenvalue weighted by atomic mass is 10.1. The molecule has 1 aliphatic carbocycles. The van der Waals surface area contributed by atoms with Crippen molar-refractivity contribution in [1.82, 2.24) is 9.78 Å². The third-order valence-corrected chi connectivity index (χ3v) is 4.41. The predicted molar refractivity (Wildman–Crippen MR) is 78.3 cm³/mol. The van der Waals surface area contributed by atoms with Gasteiger partial charge in [0.05, 0.1) is 11.6 Å². The molecule has 1 aromatic heterocycles. The number of aldehydes is 1. The van der Waals surface area contributed by atoms with E-state index in [-0.39, 0.29) is 0 Å². The smallest absolute Gasteiger partial charge is 0.153 e. The third-order valence-electron chi connectivity index (χ3n) is 3.72. The van der Waals surface area contributed by atoms with E-state index in [1.807, 2.05) is 35.1 Å². The number of hydrogen-bond acceptors (Lipinski definition) is 2. The van der Waals surface area contributed by atoms with E-state index >= 15 is 0 Å². The van der Waals surface area contributed by atoms with Crippen molar-refractivity contribution < 1.29 is 4.79 Å². The van der Waals surface area contributed by atoms with Crippen molar-refractivity contribution in [2.75, 3.05) is 0 Å². The highest BCUT2D eigenvalue weighted by Gasteiger charge is 2.21. The number of nitrogens with zero attached hydrogens (tertiary/aromatic N) is 2. The largest absolute Gasteiger partial charge is 0.298 e. The summed E-state index contributed by atoms with van der Waals surface area (Å²) in [6.07, 6.45) is 7.62. The average molecular weight is 319 g/mol. The Bertz CT molecular complexity index is 600. The van der Waals surface area contributed by atoms with Crippen molar-refractivity contribution in [2.45, 2.75) is 31.7 Å². The lowest BCUT2D eigenvalue weighted by Crippen LogP contribution is -2.04. The number of halogens is 1. The molecule has 1 heterocycles. The van der Waals surface area contributed by atoms with Gasteiger partial charge in [-0.15, -0.1) is 0 Å². The second kappa shape index (κ2) is 5.29. The van der Waals surface area contributed by atoms with E-state index in [2.05, 4.69) is 21.0 Å². The minimum atomic E-state index is 0.454. The molecule has 1 aliphatic rings. The highest BCUT2D eigenvalue weighted by atomic mass is 79.9. The SMILES string of the molecule is O=Cc1cn(C2CCCC2)nc1-c1ccccc1Br. The summed E-state index contributed by atoms with van der Waals surface area (Å²) in [7, 11) is 0. The standard InChI is InChI=1S/C15H15BrN2O/c16-14-8-4-3-7-13(14)15-11(10-19)9-18(17-15)12-5-1-2-6-12/h3-4,7-10,12H,1-2,5-6H2. The minimum Gasteiger partial charge on any atom is -0.298 e. The van der Waals surface area contributed by atoms with E-state index in [4.69, 9.17) is 0 Å². The Kier molecular flexibility index (Phi) is 3.51. The summed E-state index contributed by atoms with van der Waals surface area (Å²) in [5.74, 6) is 0. The summed E-state index contributed by atoms with van der Waals surface area (Å²) in [4.78, 5) is 11.3. The molecule has 0 unspecified atom stereocenters. The predicted octanol–water partition coefficient (Wildman–Crippen LogP) is 4.24. The normalized spacial score (nSPS) is 15.8. The summed E-state index contributed by atoms with van der Waals surface area (Å²) >= 11 is 3.52. The van der Waals surface area contributed by atoms with Crippen LogP contribution in [0.5, 0.6) is 0 Å². The van der Waals surface area contributed by atoms with Crippen LogP contribution in [-0.2, 0) is 0 Å². The number of rotatable bonds is 3. The van der Waals surface area contributed by atoms with Crippen LogP contribution >= 0.6 is 15.9 Å². The molecule has 1 saturated carbocycles. The van der Waals surface area contributed by atoms with E-state index in [1.165, 1.54) is 12.8 Å². The first kappa shape index (κ1) is 12.6. The van der Waals surface area contributed by atoms with Gasteiger partial charge in [0.1, 0.15) is 5.69 Å². The van der Waals surface area contributed by atoms with Gasteiger partial charge in [-0.25, -0.2) is 0 Å². The van der Waals surface area contributed by atoms with E-state index < -0.39 is 0 Å². The molecular weight excluding hydrogens is 304 g/mol. The first-order chi connectivity index (χ1) is 9.29. The van der Waals surface area contributed by atoms with Gasteiger partial charge in [0.25, 0.3) is 0 Å². The Labute approximate surface area is 120 Å². The average Bonchev–Trinajstić information content (AvgIpc) is 3.08. The molecule has 3 nitrogen and oxygen atoms in total. The Morgan fingerprint density at radius 1 is 1.26 bits per heavy atom. The number of carbonyl (C=O) groups is 1. The molecule has 0 aliphatic heterocycles. The molecule has 1 aromatic carbocycles. The van der Waals surface area contributed by atoms with E-state index in [0.29, 0.717) is 11.6 Å². The van der Waals surface area contributed by atoms with Gasteiger partial charge in [-0.1, -0.05) is 47.0 Å². The zero-order valence-electron chi connectivity index (χ0n) is 10.6. The molecule has 0 saturated heterocycles. The molecule has 2 aromatic rings. The molecule has 0 amide bonds. The molecular formula is C15H15BrN2O. The Morgan fingerprint density at radius 2 is 2.00 bits per heavy atom. The van der Waals surface area contributed by atoms with Crippen LogP contribution in [0.2, 0.25) is 0 Å². The zero-order valence-corrected chi connectivity index (χ0v) is 12.1.